The SMILES string of the molecule is CN(C)[C@@H]1C[C@@H]2CN(c3cc(N4CCC(O)CC4)ncn3)C[C@@H]2C[C@H]1O. The van der Waals surface area contributed by atoms with Crippen LogP contribution in [0.1, 0.15) is 25.7 Å². The van der Waals surface area contributed by atoms with Crippen molar-refractivity contribution in [1.82, 2.24) is 14.9 Å². The van der Waals surface area contributed by atoms with Gasteiger partial charge in [-0.15, -0.1) is 0 Å². The number of likely N-dealkylation sites (N-methyl/N-ethyl adjacent to an activating group) is 1. The third-order valence-electron chi connectivity index (χ3n) is 6.52. The smallest absolute Gasteiger partial charge is 0.134 e. The predicted molar refractivity (Wildman–Crippen MR) is 101 cm³/mol. The molecule has 2 saturated heterocycles. The summed E-state index contributed by atoms with van der Waals surface area (Å²) in [5.41, 5.74) is 0. The molecule has 4 rings (SSSR count). The Morgan fingerprint density at radius 2 is 1.58 bits per heavy atom. The van der Waals surface area contributed by atoms with Crippen LogP contribution in [-0.2, 0) is 0 Å². The Morgan fingerprint density at radius 3 is 2.23 bits per heavy atom. The van der Waals surface area contributed by atoms with Gasteiger partial charge in [-0.25, -0.2) is 9.97 Å². The number of rotatable bonds is 3. The van der Waals surface area contributed by atoms with Crippen LogP contribution in [0.15, 0.2) is 12.4 Å². The van der Waals surface area contributed by atoms with Gasteiger partial charge in [0.15, 0.2) is 0 Å². The highest BCUT2D eigenvalue weighted by Gasteiger charge is 2.42. The number of aliphatic hydroxyl groups excluding tert-OH is 2. The third kappa shape index (κ3) is 3.52. The fourth-order valence-electron chi connectivity index (χ4n) is 4.93. The maximum absolute atomic E-state index is 10.5. The van der Waals surface area contributed by atoms with Crippen molar-refractivity contribution in [2.45, 2.75) is 43.9 Å². The molecular formula is C19H31N5O2. The first kappa shape index (κ1) is 17.9. The first-order valence-electron chi connectivity index (χ1n) is 9.85. The normalized spacial score (nSPS) is 33.0. The molecule has 0 aromatic carbocycles. The molecule has 7 heteroatoms. The number of anilines is 2. The molecule has 0 bridgehead atoms. The van der Waals surface area contributed by atoms with Crippen molar-refractivity contribution in [2.75, 3.05) is 50.1 Å². The monoisotopic (exact) mass is 361 g/mol. The van der Waals surface area contributed by atoms with Gasteiger partial charge in [0.25, 0.3) is 0 Å². The number of aliphatic hydroxyl groups is 2. The van der Waals surface area contributed by atoms with Crippen LogP contribution < -0.4 is 9.80 Å². The van der Waals surface area contributed by atoms with Crippen LogP contribution in [0.2, 0.25) is 0 Å². The van der Waals surface area contributed by atoms with Crippen molar-refractivity contribution < 1.29 is 10.2 Å². The highest BCUT2D eigenvalue weighted by atomic mass is 16.3. The van der Waals surface area contributed by atoms with E-state index in [1.807, 2.05) is 0 Å². The molecule has 3 aliphatic rings. The summed E-state index contributed by atoms with van der Waals surface area (Å²) >= 11 is 0. The van der Waals surface area contributed by atoms with E-state index in [1.165, 1.54) is 0 Å². The van der Waals surface area contributed by atoms with E-state index in [0.717, 1.165) is 63.5 Å². The summed E-state index contributed by atoms with van der Waals surface area (Å²) in [5, 5.41) is 20.2. The molecule has 0 unspecified atom stereocenters. The average molecular weight is 361 g/mol. The molecule has 3 fully saturated rings. The maximum Gasteiger partial charge on any atom is 0.134 e. The lowest BCUT2D eigenvalue weighted by molar-refractivity contribution is 0.00942. The Bertz CT molecular complexity index is 620. The molecule has 0 spiro atoms. The molecule has 2 N–H and O–H groups in total. The zero-order chi connectivity index (χ0) is 18.3. The molecule has 0 radical (unpaired) electrons. The highest BCUT2D eigenvalue weighted by Crippen LogP contribution is 2.39. The van der Waals surface area contributed by atoms with E-state index in [9.17, 15) is 10.2 Å². The quantitative estimate of drug-likeness (QED) is 0.815. The van der Waals surface area contributed by atoms with Crippen molar-refractivity contribution in [2.24, 2.45) is 11.8 Å². The van der Waals surface area contributed by atoms with Crippen LogP contribution in [0.5, 0.6) is 0 Å². The number of hydrogen-bond donors (Lipinski definition) is 2. The van der Waals surface area contributed by atoms with Crippen molar-refractivity contribution >= 4 is 11.6 Å². The summed E-state index contributed by atoms with van der Waals surface area (Å²) in [6.07, 6.45) is 4.80. The zero-order valence-electron chi connectivity index (χ0n) is 15.8. The number of piperidine rings is 1. The molecule has 26 heavy (non-hydrogen) atoms. The fraction of sp³-hybridized carbons (Fsp3) is 0.789. The molecule has 1 aromatic rings. The van der Waals surface area contributed by atoms with Crippen LogP contribution >= 0.6 is 0 Å². The largest absolute Gasteiger partial charge is 0.393 e. The summed E-state index contributed by atoms with van der Waals surface area (Å²) in [7, 11) is 4.13. The highest BCUT2D eigenvalue weighted by molar-refractivity contribution is 5.51. The van der Waals surface area contributed by atoms with Crippen molar-refractivity contribution in [3.63, 3.8) is 0 Å². The molecule has 3 heterocycles. The average Bonchev–Trinajstić information content (AvgIpc) is 3.04. The second-order valence-corrected chi connectivity index (χ2v) is 8.45. The molecule has 144 valence electrons. The fourth-order valence-corrected chi connectivity index (χ4v) is 4.93. The number of fused-ring (bicyclic) bond motifs is 1. The van der Waals surface area contributed by atoms with E-state index in [4.69, 9.17) is 0 Å². The molecule has 1 saturated carbocycles. The van der Waals surface area contributed by atoms with Crippen LogP contribution in [0.3, 0.4) is 0 Å². The number of aromatic nitrogens is 2. The van der Waals surface area contributed by atoms with Crippen LogP contribution in [0, 0.1) is 11.8 Å². The zero-order valence-corrected chi connectivity index (χ0v) is 15.8. The second-order valence-electron chi connectivity index (χ2n) is 8.45. The van der Waals surface area contributed by atoms with Gasteiger partial charge in [0.05, 0.1) is 12.2 Å². The summed E-state index contributed by atoms with van der Waals surface area (Å²) in [6.45, 7) is 3.67. The van der Waals surface area contributed by atoms with Gasteiger partial charge in [-0.05, 0) is 51.6 Å². The van der Waals surface area contributed by atoms with E-state index in [2.05, 4.69) is 44.8 Å². The van der Waals surface area contributed by atoms with Crippen molar-refractivity contribution in [3.8, 4) is 0 Å². The van der Waals surface area contributed by atoms with Gasteiger partial charge in [0, 0.05) is 38.3 Å². The summed E-state index contributed by atoms with van der Waals surface area (Å²) in [6, 6.07) is 2.35. The van der Waals surface area contributed by atoms with Crippen LogP contribution in [0.4, 0.5) is 11.6 Å². The summed E-state index contributed by atoms with van der Waals surface area (Å²) < 4.78 is 0. The first-order chi connectivity index (χ1) is 12.5. The maximum atomic E-state index is 10.5. The topological polar surface area (TPSA) is 76.0 Å². The van der Waals surface area contributed by atoms with Crippen LogP contribution in [-0.4, -0.2) is 83.6 Å². The summed E-state index contributed by atoms with van der Waals surface area (Å²) in [4.78, 5) is 15.8. The lowest BCUT2D eigenvalue weighted by Gasteiger charge is -2.38. The molecular weight excluding hydrogens is 330 g/mol. The standard InChI is InChI=1S/C19H31N5O2/c1-22(2)16-7-13-10-24(11-14(13)8-17(16)26)19-9-18(20-12-21-19)23-5-3-15(25)4-6-23/h9,12-17,25-26H,3-8,10-11H2,1-2H3/t13-,14+,16-,17-/m1/s1. The lowest BCUT2D eigenvalue weighted by atomic mass is 9.77. The predicted octanol–water partition coefficient (Wildman–Crippen LogP) is 0.575. The Kier molecular flexibility index (Phi) is 5.03. The minimum Gasteiger partial charge on any atom is -0.393 e. The lowest BCUT2D eigenvalue weighted by Crippen LogP contribution is -2.46. The van der Waals surface area contributed by atoms with E-state index >= 15 is 0 Å². The second kappa shape index (κ2) is 7.29. The minimum atomic E-state index is -0.230. The Balaban J connectivity index is 1.45. The van der Waals surface area contributed by atoms with Gasteiger partial charge in [-0.3, -0.25) is 0 Å². The Hall–Kier alpha value is -1.44. The van der Waals surface area contributed by atoms with E-state index in [1.54, 1.807) is 6.33 Å². The van der Waals surface area contributed by atoms with Crippen LogP contribution in [0.25, 0.3) is 0 Å². The molecule has 1 aliphatic carbocycles. The molecule has 1 aromatic heterocycles. The Labute approximate surface area is 155 Å². The van der Waals surface area contributed by atoms with Gasteiger partial charge in [-0.2, -0.15) is 0 Å². The Morgan fingerprint density at radius 1 is 0.962 bits per heavy atom. The van der Waals surface area contributed by atoms with Gasteiger partial charge in [-0.1, -0.05) is 0 Å². The third-order valence-corrected chi connectivity index (χ3v) is 6.52. The molecule has 0 amide bonds. The molecule has 7 nitrogen and oxygen atoms in total. The summed E-state index contributed by atoms with van der Waals surface area (Å²) in [5.74, 6) is 3.12. The minimum absolute atomic E-state index is 0.176. The van der Waals surface area contributed by atoms with Gasteiger partial charge in [0.1, 0.15) is 18.0 Å². The number of nitrogens with zero attached hydrogens (tertiary/aromatic N) is 5. The van der Waals surface area contributed by atoms with E-state index in [0.29, 0.717) is 11.8 Å². The molecule has 4 atom stereocenters. The molecule has 2 aliphatic heterocycles. The van der Waals surface area contributed by atoms with Gasteiger partial charge < -0.3 is 24.9 Å². The van der Waals surface area contributed by atoms with Gasteiger partial charge in [0.2, 0.25) is 0 Å². The van der Waals surface area contributed by atoms with Crippen molar-refractivity contribution in [3.05, 3.63) is 12.4 Å². The van der Waals surface area contributed by atoms with Gasteiger partial charge >= 0.3 is 0 Å². The van der Waals surface area contributed by atoms with E-state index < -0.39 is 0 Å². The first-order valence-corrected chi connectivity index (χ1v) is 9.85. The van der Waals surface area contributed by atoms with Crippen molar-refractivity contribution in [1.29, 1.82) is 0 Å². The van der Waals surface area contributed by atoms with E-state index in [-0.39, 0.29) is 18.2 Å². The number of hydrogen-bond acceptors (Lipinski definition) is 7.